The molecule has 1 aromatic carbocycles. The van der Waals surface area contributed by atoms with Gasteiger partial charge in [0.1, 0.15) is 31.5 Å². The summed E-state index contributed by atoms with van der Waals surface area (Å²) in [5.74, 6) is -3.63. The Balaban J connectivity index is 2.48. The highest BCUT2D eigenvalue weighted by atomic mass is 35.5. The third kappa shape index (κ3) is 8.19. The SMILES string of the molecule is COC(=O)COC1C(NC(=O)c2ccccc2Cl)C(OC(C)=O)OC(COC(C)=O)C1OC(C)=O. The van der Waals surface area contributed by atoms with Crippen molar-refractivity contribution < 1.29 is 52.4 Å². The van der Waals surface area contributed by atoms with Crippen molar-refractivity contribution in [2.24, 2.45) is 0 Å². The summed E-state index contributed by atoms with van der Waals surface area (Å²) in [5.41, 5.74) is 0.0912. The number of amides is 1. The summed E-state index contributed by atoms with van der Waals surface area (Å²) >= 11 is 6.12. The maximum absolute atomic E-state index is 13.0. The first-order valence-electron chi connectivity index (χ1n) is 10.4. The van der Waals surface area contributed by atoms with Gasteiger partial charge in [-0.1, -0.05) is 23.7 Å². The lowest BCUT2D eigenvalue weighted by atomic mass is 9.95. The fraction of sp³-hybridized carbons (Fsp3) is 0.500. The van der Waals surface area contributed by atoms with Gasteiger partial charge in [0.2, 0.25) is 6.29 Å². The van der Waals surface area contributed by atoms with Crippen LogP contribution in [0.1, 0.15) is 31.1 Å². The summed E-state index contributed by atoms with van der Waals surface area (Å²) in [4.78, 5) is 59.8. The van der Waals surface area contributed by atoms with Gasteiger partial charge in [0.15, 0.2) is 6.10 Å². The number of hydrogen-bond acceptors (Lipinski definition) is 11. The molecule has 1 aliphatic rings. The molecular weight excluding hydrogens is 490 g/mol. The summed E-state index contributed by atoms with van der Waals surface area (Å²) in [6, 6.07) is 4.89. The van der Waals surface area contributed by atoms with E-state index in [0.29, 0.717) is 0 Å². The third-order valence-electron chi connectivity index (χ3n) is 4.72. The molecule has 12 nitrogen and oxygen atoms in total. The van der Waals surface area contributed by atoms with Crippen molar-refractivity contribution in [3.05, 3.63) is 34.9 Å². The third-order valence-corrected chi connectivity index (χ3v) is 5.05. The zero-order chi connectivity index (χ0) is 26.1. The molecule has 5 atom stereocenters. The van der Waals surface area contributed by atoms with Gasteiger partial charge in [0, 0.05) is 20.8 Å². The molecule has 0 bridgehead atoms. The highest BCUT2D eigenvalue weighted by molar-refractivity contribution is 6.33. The van der Waals surface area contributed by atoms with E-state index in [1.54, 1.807) is 12.1 Å². The van der Waals surface area contributed by atoms with Crippen LogP contribution in [-0.2, 0) is 47.6 Å². The van der Waals surface area contributed by atoms with Crippen LogP contribution in [-0.4, -0.2) is 80.8 Å². The molecule has 35 heavy (non-hydrogen) atoms. The van der Waals surface area contributed by atoms with Crippen molar-refractivity contribution in [2.75, 3.05) is 20.3 Å². The monoisotopic (exact) mass is 515 g/mol. The van der Waals surface area contributed by atoms with Crippen LogP contribution < -0.4 is 5.32 Å². The van der Waals surface area contributed by atoms with E-state index in [2.05, 4.69) is 10.1 Å². The highest BCUT2D eigenvalue weighted by Crippen LogP contribution is 2.28. The molecule has 0 radical (unpaired) electrons. The topological polar surface area (TPSA) is 153 Å². The molecule has 1 saturated heterocycles. The molecule has 1 fully saturated rings. The molecule has 0 saturated carbocycles. The molecule has 192 valence electrons. The number of halogens is 1. The molecule has 1 amide bonds. The predicted octanol–water partition coefficient (Wildman–Crippen LogP) is 0.779. The first-order chi connectivity index (χ1) is 16.5. The number of methoxy groups -OCH3 is 1. The second-order valence-electron chi connectivity index (χ2n) is 7.36. The summed E-state index contributed by atoms with van der Waals surface area (Å²) in [6.45, 7) is 2.37. The molecule has 1 aliphatic heterocycles. The zero-order valence-corrected chi connectivity index (χ0v) is 20.2. The molecular formula is C22H26ClNO11. The summed E-state index contributed by atoms with van der Waals surface area (Å²) in [5, 5.41) is 2.75. The summed E-state index contributed by atoms with van der Waals surface area (Å²) in [7, 11) is 1.14. The van der Waals surface area contributed by atoms with Gasteiger partial charge in [-0.2, -0.15) is 0 Å². The largest absolute Gasteiger partial charge is 0.467 e. The van der Waals surface area contributed by atoms with Gasteiger partial charge in [0.25, 0.3) is 5.91 Å². The quantitative estimate of drug-likeness (QED) is 0.366. The number of benzene rings is 1. The van der Waals surface area contributed by atoms with E-state index < -0.39 is 73.6 Å². The van der Waals surface area contributed by atoms with Crippen molar-refractivity contribution in [2.45, 2.75) is 51.4 Å². The minimum absolute atomic E-state index is 0.0912. The van der Waals surface area contributed by atoms with Crippen LogP contribution in [0.3, 0.4) is 0 Å². The van der Waals surface area contributed by atoms with Crippen LogP contribution in [0, 0.1) is 0 Å². The Hall–Kier alpha value is -3.22. The van der Waals surface area contributed by atoms with E-state index in [9.17, 15) is 24.0 Å². The van der Waals surface area contributed by atoms with E-state index >= 15 is 0 Å². The first-order valence-corrected chi connectivity index (χ1v) is 10.8. The molecule has 1 heterocycles. The number of hydrogen-bond donors (Lipinski definition) is 1. The normalized spacial score (nSPS) is 23.5. The minimum atomic E-state index is -1.48. The molecule has 1 N–H and O–H groups in total. The lowest BCUT2D eigenvalue weighted by molar-refractivity contribution is -0.273. The van der Waals surface area contributed by atoms with Crippen molar-refractivity contribution in [3.8, 4) is 0 Å². The molecule has 0 aromatic heterocycles. The van der Waals surface area contributed by atoms with E-state index in [1.165, 1.54) is 12.1 Å². The first kappa shape index (κ1) is 28.0. The van der Waals surface area contributed by atoms with E-state index in [1.807, 2.05) is 0 Å². The Morgan fingerprint density at radius 3 is 2.20 bits per heavy atom. The van der Waals surface area contributed by atoms with Crippen molar-refractivity contribution in [3.63, 3.8) is 0 Å². The average molecular weight is 516 g/mol. The number of esters is 4. The molecule has 13 heteroatoms. The molecule has 0 aliphatic carbocycles. The van der Waals surface area contributed by atoms with Crippen LogP contribution in [0.2, 0.25) is 5.02 Å². The smallest absolute Gasteiger partial charge is 0.331 e. The molecule has 5 unspecified atom stereocenters. The second-order valence-corrected chi connectivity index (χ2v) is 7.77. The fourth-order valence-corrected chi connectivity index (χ4v) is 3.51. The standard InChI is InChI=1S/C22H26ClNO11/c1-11(25)31-9-16-19(33-12(2)26)20(32-10-17(28)30-4)18(22(35-16)34-13(3)27)24-21(29)14-7-5-6-8-15(14)23/h5-8,16,18-20,22H,9-10H2,1-4H3,(H,24,29). The lowest BCUT2D eigenvalue weighted by Crippen LogP contribution is -2.66. The minimum Gasteiger partial charge on any atom is -0.467 e. The van der Waals surface area contributed by atoms with Gasteiger partial charge < -0.3 is 33.7 Å². The van der Waals surface area contributed by atoms with Crippen LogP contribution in [0.15, 0.2) is 24.3 Å². The molecule has 0 spiro atoms. The van der Waals surface area contributed by atoms with Gasteiger partial charge >= 0.3 is 23.9 Å². The number of ether oxygens (including phenoxy) is 6. The fourth-order valence-electron chi connectivity index (χ4n) is 3.28. The lowest BCUT2D eigenvalue weighted by Gasteiger charge is -2.44. The Bertz CT molecular complexity index is 953. The number of carbonyl (C=O) groups is 5. The molecule has 1 aromatic rings. The number of rotatable bonds is 9. The van der Waals surface area contributed by atoms with Gasteiger partial charge in [0.05, 0.1) is 17.7 Å². The number of nitrogens with one attached hydrogen (secondary N) is 1. The van der Waals surface area contributed by atoms with Crippen LogP contribution in [0.25, 0.3) is 0 Å². The van der Waals surface area contributed by atoms with Gasteiger partial charge in [-0.05, 0) is 12.1 Å². The van der Waals surface area contributed by atoms with Crippen LogP contribution >= 0.6 is 11.6 Å². The Morgan fingerprint density at radius 2 is 1.63 bits per heavy atom. The Labute approximate surface area is 206 Å². The molecule has 2 rings (SSSR count). The maximum Gasteiger partial charge on any atom is 0.331 e. The summed E-state index contributed by atoms with van der Waals surface area (Å²) < 4.78 is 31.6. The highest BCUT2D eigenvalue weighted by Gasteiger charge is 2.51. The summed E-state index contributed by atoms with van der Waals surface area (Å²) in [6.07, 6.45) is -5.25. The Kier molecular flexibility index (Phi) is 10.4. The van der Waals surface area contributed by atoms with Crippen LogP contribution in [0.4, 0.5) is 0 Å². The van der Waals surface area contributed by atoms with Crippen molar-refractivity contribution in [1.82, 2.24) is 5.32 Å². The Morgan fingerprint density at radius 1 is 0.971 bits per heavy atom. The van der Waals surface area contributed by atoms with Crippen LogP contribution in [0.5, 0.6) is 0 Å². The van der Waals surface area contributed by atoms with Gasteiger partial charge in [-0.25, -0.2) is 4.79 Å². The average Bonchev–Trinajstić information content (AvgIpc) is 2.78. The van der Waals surface area contributed by atoms with E-state index in [4.69, 9.17) is 35.3 Å². The van der Waals surface area contributed by atoms with Crippen molar-refractivity contribution >= 4 is 41.4 Å². The predicted molar refractivity (Wildman–Crippen MR) is 117 cm³/mol. The zero-order valence-electron chi connectivity index (χ0n) is 19.5. The second kappa shape index (κ2) is 13.0. The van der Waals surface area contributed by atoms with E-state index in [0.717, 1.165) is 27.9 Å². The van der Waals surface area contributed by atoms with E-state index in [-0.39, 0.29) is 10.6 Å². The number of carbonyl (C=O) groups excluding carboxylic acids is 5. The van der Waals surface area contributed by atoms with Gasteiger partial charge in [-0.3, -0.25) is 19.2 Å². The van der Waals surface area contributed by atoms with Crippen molar-refractivity contribution in [1.29, 1.82) is 0 Å². The maximum atomic E-state index is 13.0. The van der Waals surface area contributed by atoms with Gasteiger partial charge in [-0.15, -0.1) is 0 Å².